The number of nitrogens with zero attached hydrogens (tertiary/aromatic N) is 4. The van der Waals surface area contributed by atoms with Crippen molar-refractivity contribution in [2.24, 2.45) is 5.92 Å². The van der Waals surface area contributed by atoms with E-state index in [1.54, 1.807) is 12.1 Å². The summed E-state index contributed by atoms with van der Waals surface area (Å²) >= 11 is 0. The number of carbonyl (C=O) groups is 1. The van der Waals surface area contributed by atoms with Gasteiger partial charge in [0.05, 0.1) is 10.9 Å². The molecule has 2 aliphatic heterocycles. The first-order valence-electron chi connectivity index (χ1n) is 10.5. The number of likely N-dealkylation sites (tertiary alicyclic amines) is 1. The van der Waals surface area contributed by atoms with Crippen LogP contribution < -0.4 is 5.56 Å². The molecule has 6 heteroatoms. The topological polar surface area (TPSA) is 58.4 Å². The molecule has 1 unspecified atom stereocenters. The monoisotopic (exact) mass is 382 g/mol. The Morgan fingerprint density at radius 2 is 2.00 bits per heavy atom. The third-order valence-corrected chi connectivity index (χ3v) is 6.19. The van der Waals surface area contributed by atoms with Crippen LogP contribution in [0.25, 0.3) is 10.9 Å². The van der Waals surface area contributed by atoms with Crippen LogP contribution in [0.3, 0.4) is 0 Å². The highest BCUT2D eigenvalue weighted by Gasteiger charge is 2.23. The molecule has 150 valence electrons. The molecule has 1 atom stereocenters. The summed E-state index contributed by atoms with van der Waals surface area (Å²) in [7, 11) is 0. The molecular formula is C22H30N4O2. The Morgan fingerprint density at radius 1 is 1.18 bits per heavy atom. The zero-order valence-electron chi connectivity index (χ0n) is 17.1. The molecular weight excluding hydrogens is 352 g/mol. The number of piperidine rings is 1. The van der Waals surface area contributed by atoms with E-state index in [2.05, 4.69) is 25.7 Å². The second-order valence-corrected chi connectivity index (χ2v) is 8.60. The van der Waals surface area contributed by atoms with E-state index >= 15 is 0 Å². The first-order valence-corrected chi connectivity index (χ1v) is 10.5. The smallest absolute Gasteiger partial charge is 0.261 e. The normalized spacial score (nSPS) is 21.0. The average Bonchev–Trinajstić information content (AvgIpc) is 2.90. The molecule has 0 spiro atoms. The van der Waals surface area contributed by atoms with Crippen molar-refractivity contribution in [2.45, 2.75) is 52.6 Å². The lowest BCUT2D eigenvalue weighted by molar-refractivity contribution is 0.0683. The van der Waals surface area contributed by atoms with Gasteiger partial charge < -0.3 is 4.90 Å². The third kappa shape index (κ3) is 3.58. The van der Waals surface area contributed by atoms with Crippen LogP contribution in [0, 0.1) is 5.92 Å². The number of amides is 1. The van der Waals surface area contributed by atoms with Crippen LogP contribution >= 0.6 is 0 Å². The number of aromatic nitrogens is 2. The van der Waals surface area contributed by atoms with Gasteiger partial charge >= 0.3 is 0 Å². The van der Waals surface area contributed by atoms with E-state index in [0.717, 1.165) is 44.8 Å². The van der Waals surface area contributed by atoms with Crippen molar-refractivity contribution >= 4 is 16.8 Å². The van der Waals surface area contributed by atoms with Gasteiger partial charge in [-0.3, -0.25) is 19.1 Å². The maximum atomic E-state index is 13.0. The van der Waals surface area contributed by atoms with Crippen LogP contribution in [0.4, 0.5) is 0 Å². The SMILES string of the molecule is CC1CCCN(C(=O)c2ccc3c(=O)n4c(nc3c2)CCN(C(C)C)CC4)C1. The highest BCUT2D eigenvalue weighted by Crippen LogP contribution is 2.20. The molecule has 0 saturated carbocycles. The van der Waals surface area contributed by atoms with Gasteiger partial charge in [-0.05, 0) is 50.8 Å². The molecule has 0 aliphatic carbocycles. The quantitative estimate of drug-likeness (QED) is 0.801. The van der Waals surface area contributed by atoms with E-state index in [1.807, 2.05) is 15.5 Å². The largest absolute Gasteiger partial charge is 0.338 e. The Bertz CT molecular complexity index is 949. The van der Waals surface area contributed by atoms with Crippen LogP contribution in [0.2, 0.25) is 0 Å². The molecule has 2 aliphatic rings. The van der Waals surface area contributed by atoms with E-state index in [0.29, 0.717) is 35.0 Å². The molecule has 1 saturated heterocycles. The fraction of sp³-hybridized carbons (Fsp3) is 0.591. The van der Waals surface area contributed by atoms with Gasteiger partial charge in [-0.1, -0.05) is 6.92 Å². The average molecular weight is 383 g/mol. The zero-order valence-corrected chi connectivity index (χ0v) is 17.1. The highest BCUT2D eigenvalue weighted by atomic mass is 16.2. The Kier molecular flexibility index (Phi) is 5.23. The first kappa shape index (κ1) is 19.1. The molecule has 4 rings (SSSR count). The minimum Gasteiger partial charge on any atom is -0.338 e. The van der Waals surface area contributed by atoms with Gasteiger partial charge in [0.25, 0.3) is 11.5 Å². The fourth-order valence-corrected chi connectivity index (χ4v) is 4.48. The number of benzene rings is 1. The minimum absolute atomic E-state index is 0.0104. The van der Waals surface area contributed by atoms with Crippen molar-refractivity contribution in [3.63, 3.8) is 0 Å². The number of fused-ring (bicyclic) bond motifs is 2. The second kappa shape index (κ2) is 7.66. The van der Waals surface area contributed by atoms with E-state index in [-0.39, 0.29) is 11.5 Å². The lowest BCUT2D eigenvalue weighted by Crippen LogP contribution is -2.39. The molecule has 1 aromatic heterocycles. The first-order chi connectivity index (χ1) is 13.4. The number of hydrogen-bond donors (Lipinski definition) is 0. The van der Waals surface area contributed by atoms with Crippen molar-refractivity contribution in [3.8, 4) is 0 Å². The molecule has 2 aromatic rings. The van der Waals surface area contributed by atoms with Crippen LogP contribution in [0.5, 0.6) is 0 Å². The van der Waals surface area contributed by atoms with Crippen molar-refractivity contribution in [3.05, 3.63) is 39.9 Å². The zero-order chi connectivity index (χ0) is 19.8. The van der Waals surface area contributed by atoms with Gasteiger partial charge in [-0.2, -0.15) is 0 Å². The molecule has 28 heavy (non-hydrogen) atoms. The van der Waals surface area contributed by atoms with Crippen LogP contribution in [-0.4, -0.2) is 57.5 Å². The predicted octanol–water partition coefficient (Wildman–Crippen LogP) is 2.54. The lowest BCUT2D eigenvalue weighted by Gasteiger charge is -2.31. The van der Waals surface area contributed by atoms with Crippen LogP contribution in [0.15, 0.2) is 23.0 Å². The van der Waals surface area contributed by atoms with Crippen molar-refractivity contribution in [1.82, 2.24) is 19.4 Å². The maximum absolute atomic E-state index is 13.0. The Labute approximate surface area is 166 Å². The van der Waals surface area contributed by atoms with Crippen LogP contribution in [-0.2, 0) is 13.0 Å². The van der Waals surface area contributed by atoms with Crippen molar-refractivity contribution < 1.29 is 4.79 Å². The van der Waals surface area contributed by atoms with Crippen LogP contribution in [0.1, 0.15) is 49.8 Å². The van der Waals surface area contributed by atoms with Gasteiger partial charge in [0.15, 0.2) is 0 Å². The van der Waals surface area contributed by atoms with E-state index in [4.69, 9.17) is 4.98 Å². The Balaban J connectivity index is 1.67. The van der Waals surface area contributed by atoms with E-state index in [9.17, 15) is 9.59 Å². The summed E-state index contributed by atoms with van der Waals surface area (Å²) in [6.07, 6.45) is 2.99. The van der Waals surface area contributed by atoms with Gasteiger partial charge in [0, 0.05) is 50.7 Å². The molecule has 6 nitrogen and oxygen atoms in total. The Morgan fingerprint density at radius 3 is 2.75 bits per heavy atom. The molecule has 0 N–H and O–H groups in total. The lowest BCUT2D eigenvalue weighted by atomic mass is 9.99. The molecule has 1 aromatic carbocycles. The highest BCUT2D eigenvalue weighted by molar-refractivity contribution is 5.97. The summed E-state index contributed by atoms with van der Waals surface area (Å²) in [5, 5.41) is 0.602. The number of hydrogen-bond acceptors (Lipinski definition) is 4. The van der Waals surface area contributed by atoms with Gasteiger partial charge in [-0.25, -0.2) is 4.98 Å². The minimum atomic E-state index is 0.0104. The fourth-order valence-electron chi connectivity index (χ4n) is 4.48. The van der Waals surface area contributed by atoms with Gasteiger partial charge in [-0.15, -0.1) is 0 Å². The molecule has 1 fully saturated rings. The standard InChI is InChI=1S/C22H30N4O2/c1-15(2)24-10-8-20-23-19-13-17(21(27)25-9-4-5-16(3)14-25)6-7-18(19)22(28)26(20)12-11-24/h6-7,13,15-16H,4-5,8-12,14H2,1-3H3. The summed E-state index contributed by atoms with van der Waals surface area (Å²) in [5.74, 6) is 1.42. The molecule has 1 amide bonds. The summed E-state index contributed by atoms with van der Waals surface area (Å²) in [6, 6.07) is 5.83. The van der Waals surface area contributed by atoms with Gasteiger partial charge in [0.2, 0.25) is 0 Å². The predicted molar refractivity (Wildman–Crippen MR) is 111 cm³/mol. The van der Waals surface area contributed by atoms with E-state index in [1.165, 1.54) is 6.42 Å². The van der Waals surface area contributed by atoms with Crippen molar-refractivity contribution in [1.29, 1.82) is 0 Å². The number of rotatable bonds is 2. The van der Waals surface area contributed by atoms with E-state index < -0.39 is 0 Å². The summed E-state index contributed by atoms with van der Waals surface area (Å²) in [4.78, 5) is 35.1. The molecule has 0 radical (unpaired) electrons. The second-order valence-electron chi connectivity index (χ2n) is 8.60. The summed E-state index contributed by atoms with van der Waals surface area (Å²) < 4.78 is 1.82. The summed E-state index contributed by atoms with van der Waals surface area (Å²) in [5.41, 5.74) is 1.29. The maximum Gasteiger partial charge on any atom is 0.261 e. The number of carbonyl (C=O) groups excluding carboxylic acids is 1. The third-order valence-electron chi connectivity index (χ3n) is 6.19. The Hall–Kier alpha value is -2.21. The van der Waals surface area contributed by atoms with Crippen molar-refractivity contribution in [2.75, 3.05) is 26.2 Å². The molecule has 3 heterocycles. The molecule has 0 bridgehead atoms. The van der Waals surface area contributed by atoms with Gasteiger partial charge in [0.1, 0.15) is 5.82 Å². The summed E-state index contributed by atoms with van der Waals surface area (Å²) in [6.45, 7) is 10.6.